The average Bonchev–Trinajstić information content (AvgIpc) is 2.79. The Kier molecular flexibility index (Phi) is 3.45. The van der Waals surface area contributed by atoms with Crippen molar-refractivity contribution in [2.24, 2.45) is 5.92 Å². The second-order valence-corrected chi connectivity index (χ2v) is 5.65. The predicted octanol–water partition coefficient (Wildman–Crippen LogP) is 3.11. The van der Waals surface area contributed by atoms with E-state index >= 15 is 0 Å². The molecule has 1 aliphatic heterocycles. The fourth-order valence-electron chi connectivity index (χ4n) is 2.47. The maximum absolute atomic E-state index is 11.6. The highest BCUT2D eigenvalue weighted by Crippen LogP contribution is 2.31. The molecule has 3 heteroatoms. The van der Waals surface area contributed by atoms with Crippen LogP contribution < -0.4 is 0 Å². The van der Waals surface area contributed by atoms with Gasteiger partial charge in [-0.05, 0) is 25.3 Å². The van der Waals surface area contributed by atoms with Gasteiger partial charge in [-0.3, -0.25) is 9.69 Å². The molecule has 0 amide bonds. The molecule has 0 saturated carbocycles. The van der Waals surface area contributed by atoms with Crippen LogP contribution in [0.15, 0.2) is 17.5 Å². The number of likely N-dealkylation sites (tertiary alicyclic amines) is 1. The van der Waals surface area contributed by atoms with Crippen molar-refractivity contribution in [1.29, 1.82) is 0 Å². The summed E-state index contributed by atoms with van der Waals surface area (Å²) in [5, 5.41) is 2.12. The summed E-state index contributed by atoms with van der Waals surface area (Å²) in [5.74, 6) is 0.596. The van der Waals surface area contributed by atoms with Crippen LogP contribution in [-0.2, 0) is 4.79 Å². The Balaban J connectivity index is 2.13. The van der Waals surface area contributed by atoms with Gasteiger partial charge < -0.3 is 0 Å². The molecule has 88 valence electrons. The molecule has 1 aromatic rings. The van der Waals surface area contributed by atoms with Crippen molar-refractivity contribution in [3.8, 4) is 0 Å². The Hall–Kier alpha value is -0.670. The van der Waals surface area contributed by atoms with Crippen molar-refractivity contribution < 1.29 is 4.79 Å². The van der Waals surface area contributed by atoms with Gasteiger partial charge >= 0.3 is 0 Å². The van der Waals surface area contributed by atoms with Crippen LogP contribution in [0, 0.1) is 5.92 Å². The summed E-state index contributed by atoms with van der Waals surface area (Å²) < 4.78 is 0. The van der Waals surface area contributed by atoms with Crippen LogP contribution in [0.25, 0.3) is 0 Å². The number of carbonyl (C=O) groups is 1. The molecule has 1 aromatic heterocycles. The van der Waals surface area contributed by atoms with E-state index in [1.807, 2.05) is 0 Å². The molecule has 3 atom stereocenters. The topological polar surface area (TPSA) is 20.3 Å². The van der Waals surface area contributed by atoms with Crippen molar-refractivity contribution in [3.05, 3.63) is 22.4 Å². The standard InChI is InChI=1S/C13H19NOS/c1-9-10(2)14(7-6-12(9)15)11(3)13-5-4-8-16-13/h4-5,8-11H,6-7H2,1-3H3. The maximum atomic E-state index is 11.6. The van der Waals surface area contributed by atoms with Crippen LogP contribution in [0.2, 0.25) is 0 Å². The van der Waals surface area contributed by atoms with Gasteiger partial charge in [0.1, 0.15) is 5.78 Å². The van der Waals surface area contributed by atoms with Crippen molar-refractivity contribution in [2.45, 2.75) is 39.3 Å². The van der Waals surface area contributed by atoms with Gasteiger partial charge in [-0.15, -0.1) is 11.3 Å². The lowest BCUT2D eigenvalue weighted by atomic mass is 9.89. The molecule has 0 spiro atoms. The molecule has 2 rings (SSSR count). The number of ketones is 1. The molecule has 1 fully saturated rings. The Morgan fingerprint density at radius 3 is 2.88 bits per heavy atom. The molecule has 0 radical (unpaired) electrons. The average molecular weight is 237 g/mol. The number of hydrogen-bond acceptors (Lipinski definition) is 3. The van der Waals surface area contributed by atoms with Gasteiger partial charge in [-0.2, -0.15) is 0 Å². The molecule has 0 aromatic carbocycles. The van der Waals surface area contributed by atoms with Crippen molar-refractivity contribution >= 4 is 17.1 Å². The van der Waals surface area contributed by atoms with E-state index in [1.54, 1.807) is 11.3 Å². The molecule has 0 bridgehead atoms. The Labute approximate surface area is 101 Å². The van der Waals surface area contributed by atoms with Crippen LogP contribution in [0.3, 0.4) is 0 Å². The Morgan fingerprint density at radius 2 is 2.25 bits per heavy atom. The number of piperidine rings is 1. The summed E-state index contributed by atoms with van der Waals surface area (Å²) in [6.45, 7) is 7.38. The SMILES string of the molecule is CC1C(=O)CCN(C(C)c2cccs2)C1C. The minimum atomic E-state index is 0.177. The fraction of sp³-hybridized carbons (Fsp3) is 0.615. The summed E-state index contributed by atoms with van der Waals surface area (Å²) in [6, 6.07) is 5.08. The first-order chi connectivity index (χ1) is 7.61. The zero-order chi connectivity index (χ0) is 11.7. The Morgan fingerprint density at radius 1 is 1.50 bits per heavy atom. The molecule has 16 heavy (non-hydrogen) atoms. The summed E-state index contributed by atoms with van der Waals surface area (Å²) >= 11 is 1.80. The van der Waals surface area contributed by atoms with E-state index < -0.39 is 0 Å². The largest absolute Gasteiger partial charge is 0.299 e. The van der Waals surface area contributed by atoms with Crippen molar-refractivity contribution in [3.63, 3.8) is 0 Å². The van der Waals surface area contributed by atoms with Gasteiger partial charge in [-0.25, -0.2) is 0 Å². The van der Waals surface area contributed by atoms with E-state index in [9.17, 15) is 4.79 Å². The maximum Gasteiger partial charge on any atom is 0.138 e. The molecule has 2 heterocycles. The first-order valence-corrected chi connectivity index (χ1v) is 6.81. The zero-order valence-electron chi connectivity index (χ0n) is 10.1. The number of thiophene rings is 1. The highest BCUT2D eigenvalue weighted by molar-refractivity contribution is 7.10. The molecule has 0 aliphatic carbocycles. The molecule has 1 saturated heterocycles. The molecular formula is C13H19NOS. The number of Topliss-reactive ketones (excluding diaryl/α,β-unsaturated/α-hetero) is 1. The van der Waals surface area contributed by atoms with Gasteiger partial charge in [0.2, 0.25) is 0 Å². The third-order valence-corrected chi connectivity index (χ3v) is 4.87. The molecular weight excluding hydrogens is 218 g/mol. The number of nitrogens with zero attached hydrogens (tertiary/aromatic N) is 1. The summed E-state index contributed by atoms with van der Waals surface area (Å²) in [4.78, 5) is 15.5. The molecule has 3 unspecified atom stereocenters. The quantitative estimate of drug-likeness (QED) is 0.787. The summed E-state index contributed by atoms with van der Waals surface area (Å²) in [6.07, 6.45) is 0.710. The second kappa shape index (κ2) is 4.68. The zero-order valence-corrected chi connectivity index (χ0v) is 11.0. The van der Waals surface area contributed by atoms with Crippen LogP contribution in [0.5, 0.6) is 0 Å². The van der Waals surface area contributed by atoms with E-state index in [1.165, 1.54) is 4.88 Å². The highest BCUT2D eigenvalue weighted by atomic mass is 32.1. The lowest BCUT2D eigenvalue weighted by molar-refractivity contribution is -0.128. The number of hydrogen-bond donors (Lipinski definition) is 0. The van der Waals surface area contributed by atoms with Gasteiger partial charge in [0.05, 0.1) is 0 Å². The molecule has 1 aliphatic rings. The van der Waals surface area contributed by atoms with E-state index in [0.717, 1.165) is 6.54 Å². The van der Waals surface area contributed by atoms with E-state index in [2.05, 4.69) is 43.2 Å². The van der Waals surface area contributed by atoms with Gasteiger partial charge in [-0.1, -0.05) is 13.0 Å². The van der Waals surface area contributed by atoms with E-state index in [-0.39, 0.29) is 5.92 Å². The van der Waals surface area contributed by atoms with Crippen molar-refractivity contribution in [2.75, 3.05) is 6.54 Å². The van der Waals surface area contributed by atoms with Crippen LogP contribution in [0.1, 0.15) is 38.1 Å². The smallest absolute Gasteiger partial charge is 0.138 e. The van der Waals surface area contributed by atoms with Gasteiger partial charge in [0, 0.05) is 35.8 Å². The third kappa shape index (κ3) is 2.06. The minimum Gasteiger partial charge on any atom is -0.299 e. The number of carbonyl (C=O) groups excluding carboxylic acids is 1. The number of rotatable bonds is 2. The lowest BCUT2D eigenvalue weighted by Crippen LogP contribution is -2.47. The van der Waals surface area contributed by atoms with E-state index in [0.29, 0.717) is 24.3 Å². The monoisotopic (exact) mass is 237 g/mol. The fourth-order valence-corrected chi connectivity index (χ4v) is 3.27. The molecule has 0 N–H and O–H groups in total. The first-order valence-electron chi connectivity index (χ1n) is 5.93. The van der Waals surface area contributed by atoms with Crippen LogP contribution in [-0.4, -0.2) is 23.3 Å². The van der Waals surface area contributed by atoms with Gasteiger partial charge in [0.15, 0.2) is 0 Å². The lowest BCUT2D eigenvalue weighted by Gasteiger charge is -2.40. The van der Waals surface area contributed by atoms with Crippen LogP contribution in [0.4, 0.5) is 0 Å². The third-order valence-electron chi connectivity index (χ3n) is 3.82. The second-order valence-electron chi connectivity index (χ2n) is 4.67. The first kappa shape index (κ1) is 11.8. The van der Waals surface area contributed by atoms with Crippen molar-refractivity contribution in [1.82, 2.24) is 4.90 Å². The highest BCUT2D eigenvalue weighted by Gasteiger charge is 2.33. The normalized spacial score (nSPS) is 29.3. The predicted molar refractivity (Wildman–Crippen MR) is 67.7 cm³/mol. The molecule has 2 nitrogen and oxygen atoms in total. The summed E-state index contributed by atoms with van der Waals surface area (Å²) in [7, 11) is 0. The Bertz CT molecular complexity index is 360. The van der Waals surface area contributed by atoms with Gasteiger partial charge in [0.25, 0.3) is 0 Å². The minimum absolute atomic E-state index is 0.177. The van der Waals surface area contributed by atoms with Crippen LogP contribution >= 0.6 is 11.3 Å². The van der Waals surface area contributed by atoms with E-state index in [4.69, 9.17) is 0 Å². The summed E-state index contributed by atoms with van der Waals surface area (Å²) in [5.41, 5.74) is 0.